The van der Waals surface area contributed by atoms with Crippen LogP contribution in [0.4, 0.5) is 0 Å². The van der Waals surface area contributed by atoms with Crippen molar-refractivity contribution >= 4 is 16.8 Å². The summed E-state index contributed by atoms with van der Waals surface area (Å²) < 4.78 is 5.84. The van der Waals surface area contributed by atoms with Crippen molar-refractivity contribution in [3.63, 3.8) is 0 Å². The molecule has 2 atom stereocenters. The summed E-state index contributed by atoms with van der Waals surface area (Å²) in [7, 11) is 1.72. The largest absolute Gasteiger partial charge is 0.377 e. The molecule has 126 valence electrons. The summed E-state index contributed by atoms with van der Waals surface area (Å²) in [5, 5.41) is 4.00. The molecular formula is C19H23N3O2. The lowest BCUT2D eigenvalue weighted by atomic mass is 9.75. The third-order valence-corrected chi connectivity index (χ3v) is 5.42. The van der Waals surface area contributed by atoms with Crippen molar-refractivity contribution in [1.82, 2.24) is 15.2 Å². The van der Waals surface area contributed by atoms with Gasteiger partial charge in [0, 0.05) is 38.7 Å². The summed E-state index contributed by atoms with van der Waals surface area (Å²) in [6.45, 7) is 3.14. The van der Waals surface area contributed by atoms with Gasteiger partial charge < -0.3 is 10.1 Å². The number of amides is 1. The van der Waals surface area contributed by atoms with Gasteiger partial charge in [-0.3, -0.25) is 14.7 Å². The highest BCUT2D eigenvalue weighted by Crippen LogP contribution is 2.41. The number of para-hydroxylation sites is 1. The van der Waals surface area contributed by atoms with Crippen LogP contribution in [0.2, 0.25) is 0 Å². The van der Waals surface area contributed by atoms with E-state index in [0.717, 1.165) is 49.1 Å². The minimum Gasteiger partial charge on any atom is -0.377 e. The van der Waals surface area contributed by atoms with Gasteiger partial charge in [-0.2, -0.15) is 0 Å². The average Bonchev–Trinajstić information content (AvgIpc) is 3.05. The highest BCUT2D eigenvalue weighted by atomic mass is 16.5. The molecule has 1 aromatic heterocycles. The number of hydrogen-bond acceptors (Lipinski definition) is 4. The molecule has 5 heteroatoms. The number of ether oxygens (including phenoxy) is 1. The number of likely N-dealkylation sites (tertiary alicyclic amines) is 1. The van der Waals surface area contributed by atoms with Gasteiger partial charge in [0.15, 0.2) is 0 Å². The number of pyridine rings is 1. The van der Waals surface area contributed by atoms with E-state index in [1.54, 1.807) is 7.05 Å². The second kappa shape index (κ2) is 6.15. The Labute approximate surface area is 142 Å². The van der Waals surface area contributed by atoms with Crippen molar-refractivity contribution in [3.05, 3.63) is 42.1 Å². The molecule has 2 aliphatic rings. The zero-order valence-corrected chi connectivity index (χ0v) is 14.0. The van der Waals surface area contributed by atoms with Crippen LogP contribution in [-0.4, -0.2) is 48.6 Å². The van der Waals surface area contributed by atoms with Crippen molar-refractivity contribution in [2.75, 3.05) is 26.7 Å². The Kier molecular flexibility index (Phi) is 3.98. The van der Waals surface area contributed by atoms with E-state index in [1.807, 2.05) is 18.2 Å². The number of fused-ring (bicyclic) bond motifs is 2. The number of carbonyl (C=O) groups is 1. The maximum Gasteiger partial charge on any atom is 0.229 e. The fourth-order valence-electron chi connectivity index (χ4n) is 4.16. The molecule has 2 aromatic rings. The van der Waals surface area contributed by atoms with Crippen LogP contribution in [0.1, 0.15) is 18.5 Å². The number of benzene rings is 1. The first-order valence-electron chi connectivity index (χ1n) is 8.62. The lowest BCUT2D eigenvalue weighted by Gasteiger charge is -2.42. The highest BCUT2D eigenvalue weighted by molar-refractivity contribution is 5.84. The second-order valence-corrected chi connectivity index (χ2v) is 6.84. The average molecular weight is 325 g/mol. The monoisotopic (exact) mass is 325 g/mol. The minimum absolute atomic E-state index is 0.0539. The Bertz CT molecular complexity index is 763. The van der Waals surface area contributed by atoms with Gasteiger partial charge in [-0.25, -0.2) is 0 Å². The maximum absolute atomic E-state index is 12.5. The molecule has 2 fully saturated rings. The van der Waals surface area contributed by atoms with Crippen molar-refractivity contribution < 1.29 is 9.53 Å². The van der Waals surface area contributed by atoms with Crippen LogP contribution in [-0.2, 0) is 16.1 Å². The molecule has 1 amide bonds. The lowest BCUT2D eigenvalue weighted by Crippen LogP contribution is -2.56. The van der Waals surface area contributed by atoms with Crippen LogP contribution in [0.5, 0.6) is 0 Å². The van der Waals surface area contributed by atoms with E-state index in [2.05, 4.69) is 28.4 Å². The van der Waals surface area contributed by atoms with Gasteiger partial charge in [-0.1, -0.05) is 24.3 Å². The van der Waals surface area contributed by atoms with E-state index in [4.69, 9.17) is 9.72 Å². The van der Waals surface area contributed by atoms with Gasteiger partial charge in [-0.15, -0.1) is 0 Å². The van der Waals surface area contributed by atoms with Crippen molar-refractivity contribution in [1.29, 1.82) is 0 Å². The fourth-order valence-corrected chi connectivity index (χ4v) is 4.16. The van der Waals surface area contributed by atoms with E-state index in [9.17, 15) is 4.79 Å². The van der Waals surface area contributed by atoms with E-state index in [1.165, 1.54) is 0 Å². The molecule has 0 bridgehead atoms. The molecule has 0 radical (unpaired) electrons. The molecule has 2 saturated heterocycles. The molecule has 0 spiro atoms. The summed E-state index contributed by atoms with van der Waals surface area (Å²) >= 11 is 0. The van der Waals surface area contributed by atoms with E-state index in [0.29, 0.717) is 6.61 Å². The maximum atomic E-state index is 12.5. The van der Waals surface area contributed by atoms with Gasteiger partial charge >= 0.3 is 0 Å². The van der Waals surface area contributed by atoms with Gasteiger partial charge in [0.1, 0.15) is 0 Å². The summed E-state index contributed by atoms with van der Waals surface area (Å²) in [6.07, 6.45) is 1.76. The lowest BCUT2D eigenvalue weighted by molar-refractivity contribution is -0.139. The Morgan fingerprint density at radius 2 is 2.25 bits per heavy atom. The van der Waals surface area contributed by atoms with Crippen LogP contribution < -0.4 is 5.32 Å². The molecule has 1 N–H and O–H groups in total. The fraction of sp³-hybridized carbons (Fsp3) is 0.474. The van der Waals surface area contributed by atoms with Gasteiger partial charge in [0.05, 0.1) is 22.7 Å². The van der Waals surface area contributed by atoms with Crippen LogP contribution >= 0.6 is 0 Å². The third kappa shape index (κ3) is 2.58. The molecule has 4 rings (SSSR count). The molecule has 2 aliphatic heterocycles. The predicted molar refractivity (Wildman–Crippen MR) is 92.5 cm³/mol. The number of piperidine rings is 1. The van der Waals surface area contributed by atoms with Crippen molar-refractivity contribution in [3.8, 4) is 0 Å². The van der Waals surface area contributed by atoms with E-state index >= 15 is 0 Å². The molecule has 0 saturated carbocycles. The third-order valence-electron chi connectivity index (χ3n) is 5.42. The Morgan fingerprint density at radius 3 is 3.12 bits per heavy atom. The minimum atomic E-state index is -0.399. The standard InChI is InChI=1S/C19H23N3O2/c1-20-18(23)19-9-11-24-17(19)8-10-22(13-19)12-15-7-6-14-4-2-3-5-16(14)21-15/h2-7,17H,8-13H2,1H3,(H,20,23)/t17-,19-/m0/s1. The Balaban J connectivity index is 1.55. The number of carbonyl (C=O) groups excluding carboxylic acids is 1. The van der Waals surface area contributed by atoms with Gasteiger partial charge in [-0.05, 0) is 25.0 Å². The Hall–Kier alpha value is -1.98. The number of rotatable bonds is 3. The molecule has 0 unspecified atom stereocenters. The smallest absolute Gasteiger partial charge is 0.229 e. The molecule has 5 nitrogen and oxygen atoms in total. The molecule has 3 heterocycles. The number of nitrogens with zero attached hydrogens (tertiary/aromatic N) is 2. The molecule has 1 aromatic carbocycles. The highest BCUT2D eigenvalue weighted by Gasteiger charge is 2.52. The van der Waals surface area contributed by atoms with Crippen molar-refractivity contribution in [2.45, 2.75) is 25.5 Å². The predicted octanol–water partition coefficient (Wildman–Crippen LogP) is 1.96. The van der Waals surface area contributed by atoms with Crippen LogP contribution in [0.25, 0.3) is 10.9 Å². The second-order valence-electron chi connectivity index (χ2n) is 6.84. The van der Waals surface area contributed by atoms with E-state index in [-0.39, 0.29) is 12.0 Å². The first kappa shape index (κ1) is 15.5. The quantitative estimate of drug-likeness (QED) is 0.937. The number of hydrogen-bond donors (Lipinski definition) is 1. The topological polar surface area (TPSA) is 54.5 Å². The summed E-state index contributed by atoms with van der Waals surface area (Å²) in [4.78, 5) is 19.6. The number of nitrogens with one attached hydrogen (secondary N) is 1. The normalized spacial score (nSPS) is 27.1. The van der Waals surface area contributed by atoms with Crippen LogP contribution in [0, 0.1) is 5.41 Å². The molecule has 24 heavy (non-hydrogen) atoms. The summed E-state index contributed by atoms with van der Waals surface area (Å²) in [5.41, 5.74) is 1.68. The van der Waals surface area contributed by atoms with E-state index < -0.39 is 5.41 Å². The number of aromatic nitrogens is 1. The Morgan fingerprint density at radius 1 is 1.38 bits per heavy atom. The SMILES string of the molecule is CNC(=O)[C@]12CCO[C@H]1CCN(Cc1ccc3ccccc3n1)C2. The summed E-state index contributed by atoms with van der Waals surface area (Å²) in [6, 6.07) is 12.4. The zero-order valence-electron chi connectivity index (χ0n) is 14.0. The first-order valence-corrected chi connectivity index (χ1v) is 8.62. The zero-order chi connectivity index (χ0) is 16.6. The van der Waals surface area contributed by atoms with Crippen LogP contribution in [0.15, 0.2) is 36.4 Å². The first-order chi connectivity index (χ1) is 11.7. The molecule has 0 aliphatic carbocycles. The van der Waals surface area contributed by atoms with Gasteiger partial charge in [0.2, 0.25) is 5.91 Å². The van der Waals surface area contributed by atoms with Crippen LogP contribution in [0.3, 0.4) is 0 Å². The van der Waals surface area contributed by atoms with Crippen molar-refractivity contribution in [2.24, 2.45) is 5.41 Å². The molecular weight excluding hydrogens is 302 g/mol. The van der Waals surface area contributed by atoms with Gasteiger partial charge in [0.25, 0.3) is 0 Å². The summed E-state index contributed by atoms with van der Waals surface area (Å²) in [5.74, 6) is 0.112.